The highest BCUT2D eigenvalue weighted by Gasteiger charge is 2.26. The second-order valence-corrected chi connectivity index (χ2v) is 14.8. The molecule has 57 heavy (non-hydrogen) atoms. The van der Waals surface area contributed by atoms with Gasteiger partial charge in [-0.25, -0.2) is 0 Å². The Balaban J connectivity index is 1.32. The molecule has 6 rings (SSSR count). The number of hydrogen-bond acceptors (Lipinski definition) is 7. The van der Waals surface area contributed by atoms with E-state index in [9.17, 15) is 0 Å². The molecule has 2 aromatic heterocycles. The second-order valence-electron chi connectivity index (χ2n) is 14.8. The van der Waals surface area contributed by atoms with Gasteiger partial charge in [-0.2, -0.15) is 0 Å². The Kier molecular flexibility index (Phi) is 15.8. The van der Waals surface area contributed by atoms with Gasteiger partial charge in [0.15, 0.2) is 0 Å². The molecule has 0 amide bonds. The van der Waals surface area contributed by atoms with Gasteiger partial charge in [0.2, 0.25) is 0 Å². The van der Waals surface area contributed by atoms with E-state index in [1.807, 2.05) is 73.3 Å². The number of unbranched alkanes of at least 4 members (excludes halogenated alkanes) is 8. The van der Waals surface area contributed by atoms with E-state index in [1.54, 1.807) is 14.2 Å². The zero-order chi connectivity index (χ0) is 39.7. The monoisotopic (exact) mass is 762 g/mol. The van der Waals surface area contributed by atoms with Crippen LogP contribution in [0.3, 0.4) is 0 Å². The van der Waals surface area contributed by atoms with E-state index in [4.69, 9.17) is 34.1 Å². The van der Waals surface area contributed by atoms with Crippen LogP contribution in [0.25, 0.3) is 22.5 Å². The molecule has 2 unspecified atom stereocenters. The number of benzene rings is 4. The summed E-state index contributed by atoms with van der Waals surface area (Å²) >= 11 is 0. The lowest BCUT2D eigenvalue weighted by Crippen LogP contribution is -2.16. The van der Waals surface area contributed by atoms with Gasteiger partial charge in [0.05, 0.1) is 61.8 Å². The molecule has 2 atom stereocenters. The summed E-state index contributed by atoms with van der Waals surface area (Å²) < 4.78 is 18.0. The maximum Gasteiger partial charge on any atom is 0.127 e. The van der Waals surface area contributed by atoms with Crippen molar-refractivity contribution in [3.63, 3.8) is 0 Å². The quantitative estimate of drug-likeness (QED) is 0.0637. The molecule has 0 saturated heterocycles. The highest BCUT2D eigenvalue weighted by molar-refractivity contribution is 5.60. The molecule has 0 aliphatic heterocycles. The Morgan fingerprint density at radius 2 is 0.807 bits per heavy atom. The highest BCUT2D eigenvalue weighted by atomic mass is 16.5. The molecule has 0 bridgehead atoms. The first-order chi connectivity index (χ1) is 28.1. The van der Waals surface area contributed by atoms with Gasteiger partial charge in [0, 0.05) is 11.1 Å². The summed E-state index contributed by atoms with van der Waals surface area (Å²) in [5.41, 5.74) is 9.60. The van der Waals surface area contributed by atoms with Crippen LogP contribution in [-0.2, 0) is 17.6 Å². The lowest BCUT2D eigenvalue weighted by molar-refractivity contribution is 0.0258. The van der Waals surface area contributed by atoms with Gasteiger partial charge >= 0.3 is 0 Å². The van der Waals surface area contributed by atoms with Gasteiger partial charge < -0.3 is 14.2 Å². The molecule has 0 spiro atoms. The molecule has 4 aromatic carbocycles. The maximum atomic E-state index is 7.24. The smallest absolute Gasteiger partial charge is 0.127 e. The van der Waals surface area contributed by atoms with E-state index in [1.165, 1.54) is 75.3 Å². The maximum absolute atomic E-state index is 7.24. The average molecular weight is 763 g/mol. The van der Waals surface area contributed by atoms with Crippen LogP contribution in [0.15, 0.2) is 122 Å². The highest BCUT2D eigenvalue weighted by Crippen LogP contribution is 2.36. The molecular formula is C50H58N4O3. The lowest BCUT2D eigenvalue weighted by atomic mass is 9.99. The van der Waals surface area contributed by atoms with Crippen LogP contribution in [0.2, 0.25) is 0 Å². The average Bonchev–Trinajstić information content (AvgIpc) is 3.27. The molecule has 0 N–H and O–H groups in total. The summed E-state index contributed by atoms with van der Waals surface area (Å²) in [5, 5.41) is 0. The van der Waals surface area contributed by atoms with E-state index in [0.717, 1.165) is 69.4 Å². The lowest BCUT2D eigenvalue weighted by Gasteiger charge is -2.25. The Hall–Kier alpha value is -5.40. The second kappa shape index (κ2) is 21.8. The van der Waals surface area contributed by atoms with Crippen molar-refractivity contribution in [1.82, 2.24) is 19.9 Å². The molecule has 7 heteroatoms. The Labute approximate surface area is 340 Å². The summed E-state index contributed by atoms with van der Waals surface area (Å²) in [6, 6.07) is 33.4. The predicted molar refractivity (Wildman–Crippen MR) is 231 cm³/mol. The normalized spacial score (nSPS) is 12.3. The SMILES string of the molecule is CCCCCCCc1ccc(C(OC(c2ccc(CCCCCCC)cc2)c2cnc(-c3ccc(OC)cc3)cn2)c2cnc(-c3ccc(OC)cc3)cn2)cc1. The first kappa shape index (κ1) is 41.2. The third-order valence-electron chi connectivity index (χ3n) is 10.6. The molecule has 2 heterocycles. The van der Waals surface area contributed by atoms with Gasteiger partial charge in [0.25, 0.3) is 0 Å². The van der Waals surface area contributed by atoms with E-state index in [0.29, 0.717) is 0 Å². The van der Waals surface area contributed by atoms with Gasteiger partial charge in [-0.15, -0.1) is 0 Å². The van der Waals surface area contributed by atoms with E-state index < -0.39 is 12.2 Å². The first-order valence-electron chi connectivity index (χ1n) is 20.8. The van der Waals surface area contributed by atoms with Crippen LogP contribution in [0.1, 0.15) is 124 Å². The van der Waals surface area contributed by atoms with Crippen molar-refractivity contribution in [2.24, 2.45) is 0 Å². The summed E-state index contributed by atoms with van der Waals surface area (Å²) in [6.45, 7) is 4.52. The molecular weight excluding hydrogens is 705 g/mol. The van der Waals surface area contributed by atoms with Gasteiger partial charge in [-0.3, -0.25) is 19.9 Å². The van der Waals surface area contributed by atoms with E-state index in [-0.39, 0.29) is 0 Å². The van der Waals surface area contributed by atoms with Crippen LogP contribution >= 0.6 is 0 Å². The summed E-state index contributed by atoms with van der Waals surface area (Å²) in [4.78, 5) is 19.7. The van der Waals surface area contributed by atoms with E-state index >= 15 is 0 Å². The van der Waals surface area contributed by atoms with Crippen molar-refractivity contribution >= 4 is 0 Å². The third kappa shape index (κ3) is 11.8. The number of rotatable bonds is 22. The fourth-order valence-corrected chi connectivity index (χ4v) is 7.13. The van der Waals surface area contributed by atoms with Crippen molar-refractivity contribution < 1.29 is 14.2 Å². The molecule has 0 saturated carbocycles. The Morgan fingerprint density at radius 3 is 1.14 bits per heavy atom. The van der Waals surface area contributed by atoms with Gasteiger partial charge in [-0.1, -0.05) is 114 Å². The molecule has 296 valence electrons. The molecule has 0 aliphatic carbocycles. The summed E-state index contributed by atoms with van der Waals surface area (Å²) in [5.74, 6) is 1.60. The van der Waals surface area contributed by atoms with Crippen LogP contribution in [0.4, 0.5) is 0 Å². The van der Waals surface area contributed by atoms with Gasteiger partial charge in [0.1, 0.15) is 23.7 Å². The molecule has 7 nitrogen and oxygen atoms in total. The van der Waals surface area contributed by atoms with Crippen molar-refractivity contribution in [3.8, 4) is 34.0 Å². The van der Waals surface area contributed by atoms with Crippen LogP contribution < -0.4 is 9.47 Å². The van der Waals surface area contributed by atoms with Crippen LogP contribution in [0.5, 0.6) is 11.5 Å². The van der Waals surface area contributed by atoms with Crippen LogP contribution in [-0.4, -0.2) is 34.2 Å². The molecule has 6 aromatic rings. The molecule has 0 radical (unpaired) electrons. The number of methoxy groups -OCH3 is 2. The summed E-state index contributed by atoms with van der Waals surface area (Å²) in [7, 11) is 3.34. The van der Waals surface area contributed by atoms with Crippen LogP contribution in [0, 0.1) is 0 Å². The number of nitrogens with zero attached hydrogens (tertiary/aromatic N) is 4. The zero-order valence-corrected chi connectivity index (χ0v) is 34.2. The third-order valence-corrected chi connectivity index (χ3v) is 10.6. The molecule has 0 fully saturated rings. The number of aryl methyl sites for hydroxylation is 2. The van der Waals surface area contributed by atoms with Crippen molar-refractivity contribution in [3.05, 3.63) is 155 Å². The van der Waals surface area contributed by atoms with Gasteiger partial charge in [-0.05, 0) is 96.5 Å². The number of ether oxygens (including phenoxy) is 3. The fraction of sp³-hybridized carbons (Fsp3) is 0.360. The Bertz CT molecular complexity index is 1880. The molecule has 0 aliphatic rings. The Morgan fingerprint density at radius 1 is 0.421 bits per heavy atom. The van der Waals surface area contributed by atoms with E-state index in [2.05, 4.69) is 62.4 Å². The minimum absolute atomic E-state index is 0.521. The standard InChI is InChI=1S/C50H58N4O3/c1-5-7-9-11-13-15-37-17-21-41(22-18-37)49(47-35-51-45(33-53-47)39-25-29-43(55-3)30-26-39)57-50(42-23-19-38(20-24-42)16-14-12-10-8-6-2)48-36-52-46(34-54-48)40-27-31-44(56-4)32-28-40/h17-36,49-50H,5-16H2,1-4H3. The fourth-order valence-electron chi connectivity index (χ4n) is 7.13. The summed E-state index contributed by atoms with van der Waals surface area (Å²) in [6.07, 6.45) is 21.0. The minimum atomic E-state index is -0.521. The predicted octanol–water partition coefficient (Wildman–Crippen LogP) is 12.5. The number of hydrogen-bond donors (Lipinski definition) is 0. The van der Waals surface area contributed by atoms with Crippen molar-refractivity contribution in [2.75, 3.05) is 14.2 Å². The van der Waals surface area contributed by atoms with Crippen molar-refractivity contribution in [2.45, 2.75) is 103 Å². The number of aromatic nitrogens is 4. The largest absolute Gasteiger partial charge is 0.497 e. The zero-order valence-electron chi connectivity index (χ0n) is 34.2. The topological polar surface area (TPSA) is 79.2 Å². The minimum Gasteiger partial charge on any atom is -0.497 e. The first-order valence-corrected chi connectivity index (χ1v) is 20.8. The van der Waals surface area contributed by atoms with Crippen molar-refractivity contribution in [1.29, 1.82) is 0 Å².